The van der Waals surface area contributed by atoms with Gasteiger partial charge in [0.25, 0.3) is 0 Å². The van der Waals surface area contributed by atoms with E-state index in [1.807, 2.05) is 0 Å². The van der Waals surface area contributed by atoms with Crippen molar-refractivity contribution >= 4 is 20.7 Å². The van der Waals surface area contributed by atoms with Crippen molar-refractivity contribution in [2.45, 2.75) is 25.3 Å². The Balaban J connectivity index is 0.000000325. The molecule has 1 heterocycles. The molecule has 1 fully saturated rings. The lowest BCUT2D eigenvalue weighted by Gasteiger charge is -2.29. The van der Waals surface area contributed by atoms with Crippen molar-refractivity contribution in [3.8, 4) is 0 Å². The van der Waals surface area contributed by atoms with Crippen molar-refractivity contribution in [1.29, 1.82) is 0 Å². The first-order chi connectivity index (χ1) is 7.95. The molecule has 0 aliphatic carbocycles. The topological polar surface area (TPSA) is 102 Å². The lowest BCUT2D eigenvalue weighted by Crippen LogP contribution is -2.46. The summed E-state index contributed by atoms with van der Waals surface area (Å²) in [4.78, 5) is 18.9. The predicted octanol–water partition coefficient (Wildman–Crippen LogP) is 0.574. The molecule has 0 aromatic carbocycles. The molecule has 100 valence electrons. The Hall–Kier alpha value is -0.963. The van der Waals surface area contributed by atoms with E-state index in [4.69, 9.17) is 23.5 Å². The minimum atomic E-state index is -2.13. The van der Waals surface area contributed by atoms with E-state index in [0.717, 1.165) is 19.1 Å². The minimum absolute atomic E-state index is 0.800. The molecule has 8 heteroatoms. The van der Waals surface area contributed by atoms with Gasteiger partial charge in [0.15, 0.2) is 0 Å². The average Bonchev–Trinajstić information content (AvgIpc) is 2.29. The Morgan fingerprint density at radius 2 is 1.71 bits per heavy atom. The van der Waals surface area contributed by atoms with E-state index in [2.05, 4.69) is 0 Å². The third-order valence-corrected chi connectivity index (χ3v) is 4.98. The maximum absolute atomic E-state index is 9.43. The quantitative estimate of drug-likeness (QED) is 0.566. The monoisotopic (exact) mass is 266 g/mol. The molecule has 0 radical (unpaired) electrons. The first-order valence-electron chi connectivity index (χ1n) is 5.13. The van der Waals surface area contributed by atoms with Gasteiger partial charge in [0.2, 0.25) is 0 Å². The predicted molar refractivity (Wildman–Crippen MR) is 59.7 cm³/mol. The average molecular weight is 266 g/mol. The maximum atomic E-state index is 9.43. The number of hydrogen-bond acceptors (Lipinski definition) is 5. The lowest BCUT2D eigenvalue weighted by atomic mass is 10.4. The highest BCUT2D eigenvalue weighted by atomic mass is 28.4. The van der Waals surface area contributed by atoms with Gasteiger partial charge in [-0.1, -0.05) is 0 Å². The minimum Gasteiger partial charge on any atom is -0.481 e. The fourth-order valence-electron chi connectivity index (χ4n) is 1.28. The lowest BCUT2D eigenvalue weighted by molar-refractivity contribution is -0.147. The van der Waals surface area contributed by atoms with Gasteiger partial charge in [0.1, 0.15) is 6.42 Å². The van der Waals surface area contributed by atoms with Crippen LogP contribution in [-0.4, -0.2) is 51.8 Å². The van der Waals surface area contributed by atoms with Crippen molar-refractivity contribution in [3.63, 3.8) is 0 Å². The summed E-state index contributed by atoms with van der Waals surface area (Å²) in [6.45, 7) is 0.800. The van der Waals surface area contributed by atoms with Gasteiger partial charge in [-0.15, -0.1) is 0 Å². The molecule has 0 aromatic rings. The van der Waals surface area contributed by atoms with Crippen LogP contribution >= 0.6 is 0 Å². The fourth-order valence-corrected chi connectivity index (χ4v) is 3.37. The summed E-state index contributed by atoms with van der Waals surface area (Å²) in [5, 5.41) is 15.4. The molecule has 2 N–H and O–H groups in total. The molecule has 1 aliphatic heterocycles. The second kappa shape index (κ2) is 8.18. The van der Waals surface area contributed by atoms with Gasteiger partial charge < -0.3 is 23.5 Å². The third-order valence-electron chi connectivity index (χ3n) is 2.12. The second-order valence-electron chi connectivity index (χ2n) is 3.36. The van der Waals surface area contributed by atoms with E-state index in [0.29, 0.717) is 0 Å². The number of hydrogen-bond donors (Lipinski definition) is 2. The normalized spacial score (nSPS) is 17.8. The fraction of sp³-hybridized carbons (Fsp3) is 0.778. The van der Waals surface area contributed by atoms with Crippen molar-refractivity contribution in [1.82, 2.24) is 0 Å². The maximum Gasteiger partial charge on any atom is 0.500 e. The van der Waals surface area contributed by atoms with Crippen LogP contribution in [0.2, 0.25) is 6.04 Å². The van der Waals surface area contributed by atoms with E-state index in [9.17, 15) is 9.59 Å². The number of carbonyl (C=O) groups is 2. The van der Waals surface area contributed by atoms with E-state index in [1.165, 1.54) is 6.42 Å². The Morgan fingerprint density at radius 3 is 1.88 bits per heavy atom. The summed E-state index contributed by atoms with van der Waals surface area (Å²) >= 11 is 0. The van der Waals surface area contributed by atoms with Crippen LogP contribution in [0.5, 0.6) is 0 Å². The number of aliphatic carboxylic acids is 2. The molecule has 1 rings (SSSR count). The first-order valence-corrected chi connectivity index (χ1v) is 7.07. The summed E-state index contributed by atoms with van der Waals surface area (Å²) in [5.41, 5.74) is 0. The number of carboxylic acid groups (broad SMARTS) is 2. The Kier molecular flexibility index (Phi) is 7.71. The zero-order valence-electron chi connectivity index (χ0n) is 9.97. The molecule has 17 heavy (non-hydrogen) atoms. The van der Waals surface area contributed by atoms with Crippen LogP contribution in [0.4, 0.5) is 0 Å². The van der Waals surface area contributed by atoms with Crippen LogP contribution in [0, 0.1) is 0 Å². The molecular weight excluding hydrogens is 248 g/mol. The summed E-state index contributed by atoms with van der Waals surface area (Å²) < 4.78 is 15.9. The molecule has 0 spiro atoms. The van der Waals surface area contributed by atoms with Crippen LogP contribution in [0.15, 0.2) is 0 Å². The van der Waals surface area contributed by atoms with Crippen LogP contribution in [0.25, 0.3) is 0 Å². The van der Waals surface area contributed by atoms with Gasteiger partial charge in [-0.25, -0.2) is 0 Å². The van der Waals surface area contributed by atoms with Crippen molar-refractivity contribution in [2.24, 2.45) is 0 Å². The molecule has 0 unspecified atom stereocenters. The van der Waals surface area contributed by atoms with Crippen molar-refractivity contribution in [2.75, 3.05) is 20.8 Å². The van der Waals surface area contributed by atoms with E-state index in [-0.39, 0.29) is 0 Å². The Labute approximate surface area is 101 Å². The first kappa shape index (κ1) is 16.0. The Bertz CT molecular complexity index is 232. The Morgan fingerprint density at radius 1 is 1.18 bits per heavy atom. The zero-order chi connectivity index (χ0) is 13.3. The highest BCUT2D eigenvalue weighted by Gasteiger charge is 2.40. The summed E-state index contributed by atoms with van der Waals surface area (Å²) in [6, 6.07) is 0.972. The van der Waals surface area contributed by atoms with E-state index >= 15 is 0 Å². The van der Waals surface area contributed by atoms with Crippen molar-refractivity contribution in [3.05, 3.63) is 0 Å². The molecule has 0 saturated carbocycles. The highest BCUT2D eigenvalue weighted by Crippen LogP contribution is 2.22. The number of rotatable bonds is 4. The largest absolute Gasteiger partial charge is 0.500 e. The van der Waals surface area contributed by atoms with Gasteiger partial charge in [0, 0.05) is 26.9 Å². The standard InChI is InChI=1S/C6H14O3Si.C3H4O4/c1-7-10(8-2)6-4-3-5-9-10;4-2(5)1-3(6)7/h3-6H2,1-2H3;1H2,(H,4,5)(H,6,7). The van der Waals surface area contributed by atoms with Crippen molar-refractivity contribution < 1.29 is 33.1 Å². The highest BCUT2D eigenvalue weighted by molar-refractivity contribution is 6.60. The van der Waals surface area contributed by atoms with Crippen LogP contribution < -0.4 is 0 Å². The van der Waals surface area contributed by atoms with Crippen LogP contribution in [0.1, 0.15) is 19.3 Å². The summed E-state index contributed by atoms with van der Waals surface area (Å²) in [6.07, 6.45) is 1.51. The van der Waals surface area contributed by atoms with Gasteiger partial charge in [-0.3, -0.25) is 9.59 Å². The summed E-state index contributed by atoms with van der Waals surface area (Å²) in [7, 11) is 1.20. The number of carboxylic acids is 2. The summed E-state index contributed by atoms with van der Waals surface area (Å²) in [5.74, 6) is -2.62. The molecule has 1 aliphatic rings. The van der Waals surface area contributed by atoms with E-state index < -0.39 is 27.2 Å². The van der Waals surface area contributed by atoms with E-state index in [1.54, 1.807) is 14.2 Å². The molecule has 0 atom stereocenters. The SMILES string of the molecule is CO[Si]1(OC)CCCCO1.O=C(O)CC(=O)O. The molecule has 1 saturated heterocycles. The molecule has 0 aromatic heterocycles. The molecule has 7 nitrogen and oxygen atoms in total. The molecule has 0 amide bonds. The van der Waals surface area contributed by atoms with Gasteiger partial charge in [0.05, 0.1) is 0 Å². The molecular formula is C9H18O7Si. The van der Waals surface area contributed by atoms with Gasteiger partial charge in [-0.05, 0) is 12.8 Å². The molecule has 0 bridgehead atoms. The smallest absolute Gasteiger partial charge is 0.481 e. The van der Waals surface area contributed by atoms with Crippen LogP contribution in [0.3, 0.4) is 0 Å². The second-order valence-corrected chi connectivity index (χ2v) is 6.33. The zero-order valence-corrected chi connectivity index (χ0v) is 11.0. The third kappa shape index (κ3) is 7.05. The van der Waals surface area contributed by atoms with Crippen LogP contribution in [-0.2, 0) is 22.9 Å². The van der Waals surface area contributed by atoms with Gasteiger partial charge >= 0.3 is 20.7 Å². The van der Waals surface area contributed by atoms with Gasteiger partial charge in [-0.2, -0.15) is 0 Å².